The third kappa shape index (κ3) is 10.7. The van der Waals surface area contributed by atoms with Crippen molar-refractivity contribution in [3.8, 4) is 0 Å². The molecule has 0 unspecified atom stereocenters. The number of non-ortho nitro benzene ring substituents is 2. The molecule has 0 saturated carbocycles. The molecule has 2 aromatic carbocycles. The molecule has 168 valence electrons. The molecule has 0 aliphatic rings. The lowest BCUT2D eigenvalue weighted by atomic mass is 10.1. The lowest BCUT2D eigenvalue weighted by molar-refractivity contribution is -0.385. The zero-order valence-electron chi connectivity index (χ0n) is 17.9. The van der Waals surface area contributed by atoms with Gasteiger partial charge in [0.1, 0.15) is 5.60 Å². The average Bonchev–Trinajstić information content (AvgIpc) is 2.68. The van der Waals surface area contributed by atoms with Crippen LogP contribution in [0.3, 0.4) is 0 Å². The first-order chi connectivity index (χ1) is 14.5. The Balaban J connectivity index is 0.000000343. The van der Waals surface area contributed by atoms with Gasteiger partial charge in [0.25, 0.3) is 11.4 Å². The molecule has 10 nitrogen and oxygen atoms in total. The van der Waals surface area contributed by atoms with Crippen molar-refractivity contribution in [2.24, 2.45) is 5.73 Å². The van der Waals surface area contributed by atoms with E-state index in [1.165, 1.54) is 24.3 Å². The molecule has 0 fully saturated rings. The fourth-order valence-corrected chi connectivity index (χ4v) is 2.36. The molecule has 0 aliphatic heterocycles. The molecule has 0 bridgehead atoms. The number of amides is 1. The molecule has 2 aromatic rings. The standard InChI is InChI=1S/C13H18N2O4.C8H10N2O2/c1-13(2,3)19-12(16)14-9-8-10-4-6-11(7-5-10)15(17)18;9-6-5-7-1-3-8(4-2-7)10(11)12/h4-7H,8-9H2,1-3H3,(H,14,16);1-4H,5-6,9H2. The minimum absolute atomic E-state index is 0.0591. The molecule has 0 radical (unpaired) electrons. The number of carbonyl (C=O) groups is 1. The number of nitrogens with zero attached hydrogens (tertiary/aromatic N) is 2. The number of carbonyl (C=O) groups excluding carboxylic acids is 1. The Morgan fingerprint density at radius 2 is 1.32 bits per heavy atom. The van der Waals surface area contributed by atoms with Crippen molar-refractivity contribution >= 4 is 17.5 Å². The minimum Gasteiger partial charge on any atom is -0.444 e. The Labute approximate surface area is 180 Å². The van der Waals surface area contributed by atoms with Crippen LogP contribution in [-0.2, 0) is 17.6 Å². The molecule has 0 spiro atoms. The Kier molecular flexibility index (Phi) is 10.1. The van der Waals surface area contributed by atoms with Gasteiger partial charge in [-0.3, -0.25) is 20.2 Å². The van der Waals surface area contributed by atoms with Gasteiger partial charge in [0.2, 0.25) is 0 Å². The molecule has 10 heteroatoms. The van der Waals surface area contributed by atoms with E-state index < -0.39 is 21.5 Å². The molecule has 0 aliphatic carbocycles. The summed E-state index contributed by atoms with van der Waals surface area (Å²) >= 11 is 0. The van der Waals surface area contributed by atoms with Gasteiger partial charge in [-0.05, 0) is 51.3 Å². The zero-order valence-corrected chi connectivity index (χ0v) is 17.9. The third-order valence-electron chi connectivity index (χ3n) is 3.81. The maximum absolute atomic E-state index is 11.4. The summed E-state index contributed by atoms with van der Waals surface area (Å²) in [5, 5.41) is 23.4. The highest BCUT2D eigenvalue weighted by molar-refractivity contribution is 5.67. The van der Waals surface area contributed by atoms with E-state index in [1.54, 1.807) is 45.0 Å². The summed E-state index contributed by atoms with van der Waals surface area (Å²) in [4.78, 5) is 31.2. The molecule has 0 heterocycles. The second-order valence-corrected chi connectivity index (χ2v) is 7.56. The number of hydrogen-bond acceptors (Lipinski definition) is 7. The number of alkyl carbamates (subject to hydrolysis) is 1. The molecular formula is C21H28N4O6. The van der Waals surface area contributed by atoms with Crippen molar-refractivity contribution in [1.82, 2.24) is 5.32 Å². The van der Waals surface area contributed by atoms with E-state index in [1.807, 2.05) is 0 Å². The minimum atomic E-state index is -0.516. The maximum atomic E-state index is 11.4. The van der Waals surface area contributed by atoms with Gasteiger partial charge in [0.05, 0.1) is 9.85 Å². The van der Waals surface area contributed by atoms with Gasteiger partial charge in [-0.1, -0.05) is 24.3 Å². The van der Waals surface area contributed by atoms with Gasteiger partial charge in [-0.2, -0.15) is 0 Å². The Bertz CT molecular complexity index is 861. The summed E-state index contributed by atoms with van der Waals surface area (Å²) < 4.78 is 5.09. The zero-order chi connectivity index (χ0) is 23.4. The number of benzene rings is 2. The lowest BCUT2D eigenvalue weighted by Gasteiger charge is -2.19. The number of nitro benzene ring substituents is 2. The number of rotatable bonds is 7. The largest absolute Gasteiger partial charge is 0.444 e. The summed E-state index contributed by atoms with van der Waals surface area (Å²) in [6.07, 6.45) is 0.893. The average molecular weight is 432 g/mol. The van der Waals surface area contributed by atoms with Crippen LogP contribution in [0.25, 0.3) is 0 Å². The maximum Gasteiger partial charge on any atom is 0.407 e. The van der Waals surface area contributed by atoms with Crippen LogP contribution in [0.1, 0.15) is 31.9 Å². The van der Waals surface area contributed by atoms with Crippen molar-refractivity contribution in [1.29, 1.82) is 0 Å². The van der Waals surface area contributed by atoms with Crippen molar-refractivity contribution in [2.75, 3.05) is 13.1 Å². The van der Waals surface area contributed by atoms with Gasteiger partial charge in [0, 0.05) is 30.8 Å². The van der Waals surface area contributed by atoms with Crippen LogP contribution < -0.4 is 11.1 Å². The molecule has 3 N–H and O–H groups in total. The van der Waals surface area contributed by atoms with E-state index in [0.29, 0.717) is 19.5 Å². The van der Waals surface area contributed by atoms with Crippen molar-refractivity contribution in [3.63, 3.8) is 0 Å². The summed E-state index contributed by atoms with van der Waals surface area (Å²) in [6.45, 7) is 6.37. The van der Waals surface area contributed by atoms with E-state index in [0.717, 1.165) is 17.5 Å². The second kappa shape index (κ2) is 12.2. The first-order valence-corrected chi connectivity index (χ1v) is 9.65. The smallest absolute Gasteiger partial charge is 0.407 e. The number of nitrogens with one attached hydrogen (secondary N) is 1. The van der Waals surface area contributed by atoms with Gasteiger partial charge < -0.3 is 15.8 Å². The van der Waals surface area contributed by atoms with Crippen LogP contribution in [0, 0.1) is 20.2 Å². The monoisotopic (exact) mass is 432 g/mol. The molecule has 0 atom stereocenters. The van der Waals surface area contributed by atoms with Gasteiger partial charge >= 0.3 is 6.09 Å². The molecule has 1 amide bonds. The number of nitrogens with two attached hydrogens (primary N) is 1. The summed E-state index contributed by atoms with van der Waals surface area (Å²) in [5.74, 6) is 0. The fraction of sp³-hybridized carbons (Fsp3) is 0.381. The highest BCUT2D eigenvalue weighted by Crippen LogP contribution is 2.13. The Morgan fingerprint density at radius 3 is 1.68 bits per heavy atom. The van der Waals surface area contributed by atoms with Crippen LogP contribution in [-0.4, -0.2) is 34.6 Å². The summed E-state index contributed by atoms with van der Waals surface area (Å²) in [5.41, 5.74) is 6.94. The fourth-order valence-electron chi connectivity index (χ4n) is 2.36. The molecule has 2 rings (SSSR count). The van der Waals surface area contributed by atoms with E-state index in [9.17, 15) is 25.0 Å². The molecule has 0 aromatic heterocycles. The topological polar surface area (TPSA) is 151 Å². The lowest BCUT2D eigenvalue weighted by Crippen LogP contribution is -2.33. The van der Waals surface area contributed by atoms with Gasteiger partial charge in [-0.15, -0.1) is 0 Å². The normalized spacial score (nSPS) is 10.5. The predicted octanol–water partition coefficient (Wildman–Crippen LogP) is 3.76. The third-order valence-corrected chi connectivity index (χ3v) is 3.81. The highest BCUT2D eigenvalue weighted by Gasteiger charge is 2.15. The van der Waals surface area contributed by atoms with Gasteiger partial charge in [-0.25, -0.2) is 4.79 Å². The Morgan fingerprint density at radius 1 is 0.903 bits per heavy atom. The Hall–Kier alpha value is -3.53. The van der Waals surface area contributed by atoms with E-state index in [4.69, 9.17) is 10.5 Å². The van der Waals surface area contributed by atoms with E-state index >= 15 is 0 Å². The summed E-state index contributed by atoms with van der Waals surface area (Å²) in [7, 11) is 0. The molecule has 0 saturated heterocycles. The van der Waals surface area contributed by atoms with E-state index in [2.05, 4.69) is 5.32 Å². The summed E-state index contributed by atoms with van der Waals surface area (Å²) in [6, 6.07) is 12.7. The van der Waals surface area contributed by atoms with Crippen LogP contribution in [0.15, 0.2) is 48.5 Å². The molecular weight excluding hydrogens is 404 g/mol. The van der Waals surface area contributed by atoms with Crippen LogP contribution >= 0.6 is 0 Å². The highest BCUT2D eigenvalue weighted by atomic mass is 16.6. The van der Waals surface area contributed by atoms with Crippen molar-refractivity contribution < 1.29 is 19.4 Å². The number of nitro groups is 2. The van der Waals surface area contributed by atoms with Crippen LogP contribution in [0.4, 0.5) is 16.2 Å². The number of ether oxygens (including phenoxy) is 1. The SMILES string of the molecule is CC(C)(C)OC(=O)NCCc1ccc([N+](=O)[O-])cc1.NCCc1ccc([N+](=O)[O-])cc1. The van der Waals surface area contributed by atoms with Crippen molar-refractivity contribution in [2.45, 2.75) is 39.2 Å². The predicted molar refractivity (Wildman–Crippen MR) is 117 cm³/mol. The van der Waals surface area contributed by atoms with Crippen LogP contribution in [0.2, 0.25) is 0 Å². The first kappa shape index (κ1) is 25.5. The molecule has 31 heavy (non-hydrogen) atoms. The quantitative estimate of drug-likeness (QED) is 0.499. The van der Waals surface area contributed by atoms with Crippen LogP contribution in [0.5, 0.6) is 0 Å². The van der Waals surface area contributed by atoms with Crippen molar-refractivity contribution in [3.05, 3.63) is 79.9 Å². The second-order valence-electron chi connectivity index (χ2n) is 7.56. The number of hydrogen-bond donors (Lipinski definition) is 2. The van der Waals surface area contributed by atoms with Gasteiger partial charge in [0.15, 0.2) is 0 Å². The van der Waals surface area contributed by atoms with E-state index in [-0.39, 0.29) is 11.4 Å². The first-order valence-electron chi connectivity index (χ1n) is 9.65.